The second-order valence-corrected chi connectivity index (χ2v) is 6.92. The van der Waals surface area contributed by atoms with Crippen molar-refractivity contribution in [3.63, 3.8) is 0 Å². The van der Waals surface area contributed by atoms with Crippen LogP contribution >= 0.6 is 11.6 Å². The zero-order chi connectivity index (χ0) is 18.0. The molecule has 0 fully saturated rings. The van der Waals surface area contributed by atoms with E-state index in [0.717, 1.165) is 18.5 Å². The first kappa shape index (κ1) is 16.8. The van der Waals surface area contributed by atoms with Crippen LogP contribution in [0.5, 0.6) is 0 Å². The maximum absolute atomic E-state index is 12.4. The summed E-state index contributed by atoms with van der Waals surface area (Å²) in [5, 5.41) is 26.2. The normalized spacial score (nSPS) is 12.3. The van der Waals surface area contributed by atoms with Gasteiger partial charge in [0.1, 0.15) is 0 Å². The van der Waals surface area contributed by atoms with Gasteiger partial charge in [0.25, 0.3) is 10.0 Å². The fourth-order valence-electron chi connectivity index (χ4n) is 1.82. The lowest BCUT2D eigenvalue weighted by molar-refractivity contribution is 0.104. The van der Waals surface area contributed by atoms with Crippen LogP contribution in [-0.4, -0.2) is 49.1 Å². The molecule has 0 amide bonds. The molecule has 2 heterocycles. The van der Waals surface area contributed by atoms with Crippen molar-refractivity contribution >= 4 is 33.2 Å². The highest BCUT2D eigenvalue weighted by Gasteiger charge is 2.20. The van der Waals surface area contributed by atoms with E-state index in [1.807, 2.05) is 0 Å². The van der Waals surface area contributed by atoms with E-state index < -0.39 is 21.6 Å². The minimum atomic E-state index is -3.97. The van der Waals surface area contributed by atoms with Gasteiger partial charge in [-0.15, -0.1) is 10.2 Å². The number of aliphatic hydroxyl groups is 1. The van der Waals surface area contributed by atoms with E-state index in [4.69, 9.17) is 11.6 Å². The van der Waals surface area contributed by atoms with E-state index in [1.165, 1.54) is 24.3 Å². The number of nitrogens with zero attached hydrogens (tertiary/aromatic N) is 5. The van der Waals surface area contributed by atoms with Gasteiger partial charge in [-0.25, -0.2) is 0 Å². The number of halogens is 1. The fourth-order valence-corrected chi connectivity index (χ4v) is 3.07. The van der Waals surface area contributed by atoms with Crippen molar-refractivity contribution in [1.82, 2.24) is 29.8 Å². The number of benzene rings is 1. The molecule has 0 bridgehead atoms. The van der Waals surface area contributed by atoms with Gasteiger partial charge < -0.3 is 5.11 Å². The number of nitrogens with one attached hydrogen (secondary N) is 1. The lowest BCUT2D eigenvalue weighted by Crippen LogP contribution is -2.13. The summed E-state index contributed by atoms with van der Waals surface area (Å²) >= 11 is 5.74. The SMILES string of the molecule is O=C(C=C(O)c1nn[nH]n1)c1cnn(S(=O)(=O)c2ccc(Cl)cc2)c1. The molecule has 1 aromatic carbocycles. The number of ketones is 1. The summed E-state index contributed by atoms with van der Waals surface area (Å²) in [5.74, 6) is -1.37. The van der Waals surface area contributed by atoms with E-state index in [9.17, 15) is 18.3 Å². The highest BCUT2D eigenvalue weighted by Crippen LogP contribution is 2.17. The summed E-state index contributed by atoms with van der Waals surface area (Å²) in [6.45, 7) is 0. The maximum Gasteiger partial charge on any atom is 0.282 e. The fraction of sp³-hybridized carbons (Fsp3) is 0. The third-order valence-electron chi connectivity index (χ3n) is 3.04. The van der Waals surface area contributed by atoms with Gasteiger partial charge in [-0.1, -0.05) is 11.6 Å². The van der Waals surface area contributed by atoms with Crippen LogP contribution in [-0.2, 0) is 10.0 Å². The van der Waals surface area contributed by atoms with Crippen LogP contribution < -0.4 is 0 Å². The molecular weight excluding hydrogens is 372 g/mol. The van der Waals surface area contributed by atoms with Crippen molar-refractivity contribution in [2.75, 3.05) is 0 Å². The van der Waals surface area contributed by atoms with E-state index >= 15 is 0 Å². The van der Waals surface area contributed by atoms with Crippen LogP contribution in [0.3, 0.4) is 0 Å². The number of H-pyrrole nitrogens is 1. The second-order valence-electron chi connectivity index (χ2n) is 4.69. The van der Waals surface area contributed by atoms with Crippen LogP contribution in [0, 0.1) is 0 Å². The molecular formula is C13H9ClN6O4S. The number of hydrogen-bond donors (Lipinski definition) is 2. The Morgan fingerprint density at radius 3 is 2.64 bits per heavy atom. The molecule has 3 rings (SSSR count). The number of aromatic nitrogens is 6. The Balaban J connectivity index is 1.88. The first-order chi connectivity index (χ1) is 11.9. The minimum Gasteiger partial charge on any atom is -0.504 e. The highest BCUT2D eigenvalue weighted by molar-refractivity contribution is 7.89. The molecule has 3 aromatic rings. The summed E-state index contributed by atoms with van der Waals surface area (Å²) in [6.07, 6.45) is 2.93. The quantitative estimate of drug-likeness (QED) is 0.380. The number of carbonyl (C=O) groups excluding carboxylic acids is 1. The van der Waals surface area contributed by atoms with E-state index in [0.29, 0.717) is 9.11 Å². The van der Waals surface area contributed by atoms with Gasteiger partial charge in [0.05, 0.1) is 22.9 Å². The molecule has 0 aliphatic heterocycles. The van der Waals surface area contributed by atoms with Crippen LogP contribution in [0.2, 0.25) is 5.02 Å². The van der Waals surface area contributed by atoms with E-state index in [-0.39, 0.29) is 16.3 Å². The van der Waals surface area contributed by atoms with Crippen LogP contribution in [0.1, 0.15) is 16.2 Å². The third-order valence-corrected chi connectivity index (χ3v) is 4.86. The highest BCUT2D eigenvalue weighted by atomic mass is 35.5. The predicted octanol–water partition coefficient (Wildman–Crippen LogP) is 1.07. The Morgan fingerprint density at radius 1 is 1.28 bits per heavy atom. The minimum absolute atomic E-state index is 0.0378. The molecule has 128 valence electrons. The van der Waals surface area contributed by atoms with Gasteiger partial charge in [-0.2, -0.15) is 22.8 Å². The molecule has 2 N–H and O–H groups in total. The lowest BCUT2D eigenvalue weighted by Gasteiger charge is -2.03. The molecule has 0 saturated carbocycles. The van der Waals surface area contributed by atoms with Crippen molar-refractivity contribution < 1.29 is 18.3 Å². The predicted molar refractivity (Wildman–Crippen MR) is 85.4 cm³/mol. The molecule has 2 aromatic heterocycles. The van der Waals surface area contributed by atoms with Crippen molar-refractivity contribution in [3.8, 4) is 0 Å². The molecule has 0 unspecified atom stereocenters. The molecule has 10 nitrogen and oxygen atoms in total. The zero-order valence-corrected chi connectivity index (χ0v) is 13.8. The van der Waals surface area contributed by atoms with Crippen molar-refractivity contribution in [2.24, 2.45) is 0 Å². The van der Waals surface area contributed by atoms with E-state index in [1.54, 1.807) is 0 Å². The Morgan fingerprint density at radius 2 is 2.00 bits per heavy atom. The first-order valence-electron chi connectivity index (χ1n) is 6.62. The smallest absolute Gasteiger partial charge is 0.282 e. The molecule has 0 aliphatic carbocycles. The van der Waals surface area contributed by atoms with Crippen LogP contribution in [0.15, 0.2) is 47.6 Å². The standard InChI is InChI=1S/C13H9ClN6O4S/c14-9-1-3-10(4-2-9)25(23,24)20-7-8(6-15-20)11(21)5-12(22)13-16-18-19-17-13/h1-7,22H,(H,16,17,18,19). The average Bonchev–Trinajstić information content (AvgIpc) is 3.27. The third kappa shape index (κ3) is 3.41. The number of aromatic amines is 1. The van der Waals surface area contributed by atoms with Crippen LogP contribution in [0.25, 0.3) is 5.76 Å². The van der Waals surface area contributed by atoms with Gasteiger partial charge >= 0.3 is 0 Å². The molecule has 12 heteroatoms. The number of aliphatic hydroxyl groups excluding tert-OH is 1. The summed E-state index contributed by atoms with van der Waals surface area (Å²) in [6, 6.07) is 5.50. The largest absolute Gasteiger partial charge is 0.504 e. The number of allylic oxidation sites excluding steroid dienone is 1. The molecule has 0 atom stereocenters. The topological polar surface area (TPSA) is 144 Å². The van der Waals surface area contributed by atoms with Gasteiger partial charge in [0.2, 0.25) is 5.82 Å². The lowest BCUT2D eigenvalue weighted by atomic mass is 10.2. The zero-order valence-electron chi connectivity index (χ0n) is 12.2. The number of tetrazole rings is 1. The summed E-state index contributed by atoms with van der Waals surface area (Å²) in [7, 11) is -3.97. The van der Waals surface area contributed by atoms with Crippen molar-refractivity contribution in [1.29, 1.82) is 0 Å². The molecule has 0 aliphatic rings. The molecule has 0 radical (unpaired) electrons. The van der Waals surface area contributed by atoms with Crippen LogP contribution in [0.4, 0.5) is 0 Å². The Bertz CT molecular complexity index is 1040. The monoisotopic (exact) mass is 380 g/mol. The summed E-state index contributed by atoms with van der Waals surface area (Å²) < 4.78 is 25.5. The van der Waals surface area contributed by atoms with Crippen molar-refractivity contribution in [3.05, 3.63) is 59.1 Å². The molecule has 0 saturated heterocycles. The molecule has 0 spiro atoms. The number of hydrogen-bond acceptors (Lipinski definition) is 8. The van der Waals surface area contributed by atoms with Gasteiger partial charge in [-0.3, -0.25) is 4.79 Å². The number of rotatable bonds is 5. The first-order valence-corrected chi connectivity index (χ1v) is 8.44. The van der Waals surface area contributed by atoms with Gasteiger partial charge in [-0.05, 0) is 29.5 Å². The second kappa shape index (κ2) is 6.45. The Kier molecular flexibility index (Phi) is 4.33. The Labute approximate surface area is 145 Å². The molecule has 25 heavy (non-hydrogen) atoms. The van der Waals surface area contributed by atoms with Crippen molar-refractivity contribution in [2.45, 2.75) is 4.90 Å². The van der Waals surface area contributed by atoms with Gasteiger partial charge in [0.15, 0.2) is 11.5 Å². The summed E-state index contributed by atoms with van der Waals surface area (Å²) in [4.78, 5) is 12.0. The van der Waals surface area contributed by atoms with E-state index in [2.05, 4.69) is 25.7 Å². The van der Waals surface area contributed by atoms with Gasteiger partial charge in [0, 0.05) is 11.1 Å². The Hall–Kier alpha value is -3.05. The summed E-state index contributed by atoms with van der Waals surface area (Å²) in [5.41, 5.74) is -0.0485. The maximum atomic E-state index is 12.4. The number of carbonyl (C=O) groups is 1. The average molecular weight is 381 g/mol.